The van der Waals surface area contributed by atoms with Crippen molar-refractivity contribution in [2.45, 2.75) is 9.79 Å². The summed E-state index contributed by atoms with van der Waals surface area (Å²) < 4.78 is 0. The van der Waals surface area contributed by atoms with Crippen LogP contribution in [-0.2, 0) is 0 Å². The number of nitrogens with two attached hydrogens (primary N) is 2. The van der Waals surface area contributed by atoms with Gasteiger partial charge in [-0.1, -0.05) is 42.1 Å². The number of hydrogen-bond donors (Lipinski definition) is 2. The zero-order chi connectivity index (χ0) is 14.7. The fraction of sp³-hybridized carbons (Fsp3) is 0. The average Bonchev–Trinajstić information content (AvgIpc) is 2.48. The van der Waals surface area contributed by atoms with Crippen LogP contribution in [-0.4, -0.2) is 0 Å². The lowest BCUT2D eigenvalue weighted by molar-refractivity contribution is 1.40. The van der Waals surface area contributed by atoms with Gasteiger partial charge in [0, 0.05) is 21.2 Å². The van der Waals surface area contributed by atoms with Crippen LogP contribution in [0.2, 0.25) is 0 Å². The van der Waals surface area contributed by atoms with Gasteiger partial charge in [-0.3, -0.25) is 0 Å². The van der Waals surface area contributed by atoms with E-state index in [1.165, 1.54) is 4.90 Å². The van der Waals surface area contributed by atoms with Gasteiger partial charge in [-0.15, -0.1) is 0 Å². The van der Waals surface area contributed by atoms with Crippen molar-refractivity contribution in [1.82, 2.24) is 0 Å². The zero-order valence-corrected chi connectivity index (χ0v) is 12.3. The average molecular weight is 292 g/mol. The number of anilines is 2. The molecule has 0 bridgehead atoms. The first-order valence-corrected chi connectivity index (χ1v) is 7.52. The summed E-state index contributed by atoms with van der Waals surface area (Å²) in [7, 11) is 0. The minimum Gasteiger partial charge on any atom is -0.399 e. The van der Waals surface area contributed by atoms with E-state index in [4.69, 9.17) is 11.5 Å². The second-order valence-electron chi connectivity index (χ2n) is 4.83. The molecule has 0 radical (unpaired) electrons. The van der Waals surface area contributed by atoms with E-state index in [-0.39, 0.29) is 0 Å². The third kappa shape index (κ3) is 3.38. The number of hydrogen-bond acceptors (Lipinski definition) is 3. The van der Waals surface area contributed by atoms with Gasteiger partial charge in [0.25, 0.3) is 0 Å². The minimum absolute atomic E-state index is 0.757. The molecule has 3 rings (SSSR count). The molecule has 0 spiro atoms. The van der Waals surface area contributed by atoms with Crippen LogP contribution in [0.1, 0.15) is 0 Å². The smallest absolute Gasteiger partial charge is 0.0331 e. The van der Waals surface area contributed by atoms with Crippen LogP contribution in [0.25, 0.3) is 11.1 Å². The normalized spacial score (nSPS) is 10.5. The highest BCUT2D eigenvalue weighted by Gasteiger charge is 2.04. The fourth-order valence-electron chi connectivity index (χ4n) is 2.19. The van der Waals surface area contributed by atoms with Crippen molar-refractivity contribution in [1.29, 1.82) is 0 Å². The van der Waals surface area contributed by atoms with E-state index in [9.17, 15) is 0 Å². The van der Waals surface area contributed by atoms with E-state index < -0.39 is 0 Å². The molecule has 0 saturated heterocycles. The fourth-order valence-corrected chi connectivity index (χ4v) is 3.14. The van der Waals surface area contributed by atoms with Crippen molar-refractivity contribution in [3.63, 3.8) is 0 Å². The Bertz CT molecular complexity index is 754. The third-order valence-corrected chi connectivity index (χ3v) is 4.11. The van der Waals surface area contributed by atoms with Crippen molar-refractivity contribution in [3.8, 4) is 11.1 Å². The van der Waals surface area contributed by atoms with Gasteiger partial charge < -0.3 is 11.5 Å². The van der Waals surface area contributed by atoms with E-state index >= 15 is 0 Å². The predicted molar refractivity (Wildman–Crippen MR) is 91.3 cm³/mol. The van der Waals surface area contributed by atoms with Crippen LogP contribution in [0, 0.1) is 0 Å². The lowest BCUT2D eigenvalue weighted by Crippen LogP contribution is -1.89. The number of nitrogen functional groups attached to an aromatic ring is 2. The molecule has 3 heteroatoms. The van der Waals surface area contributed by atoms with Gasteiger partial charge in [0.15, 0.2) is 0 Å². The van der Waals surface area contributed by atoms with E-state index in [2.05, 4.69) is 18.2 Å². The largest absolute Gasteiger partial charge is 0.399 e. The third-order valence-electron chi connectivity index (χ3n) is 3.13. The van der Waals surface area contributed by atoms with Crippen LogP contribution >= 0.6 is 11.8 Å². The number of benzene rings is 3. The first-order chi connectivity index (χ1) is 10.2. The highest BCUT2D eigenvalue weighted by atomic mass is 32.2. The molecule has 0 aliphatic rings. The summed E-state index contributed by atoms with van der Waals surface area (Å²) in [6.07, 6.45) is 0. The molecule has 0 heterocycles. The topological polar surface area (TPSA) is 52.0 Å². The first kappa shape index (κ1) is 13.6. The predicted octanol–water partition coefficient (Wildman–Crippen LogP) is 4.67. The molecule has 3 aromatic carbocycles. The Kier molecular flexibility index (Phi) is 3.84. The maximum absolute atomic E-state index is 6.04. The van der Waals surface area contributed by atoms with E-state index in [0.29, 0.717) is 0 Å². The van der Waals surface area contributed by atoms with Crippen LogP contribution in [0.4, 0.5) is 11.4 Å². The summed E-state index contributed by atoms with van der Waals surface area (Å²) >= 11 is 1.70. The van der Waals surface area contributed by atoms with Gasteiger partial charge in [0.2, 0.25) is 0 Å². The molecule has 0 atom stereocenters. The molecule has 0 fully saturated rings. The van der Waals surface area contributed by atoms with Crippen molar-refractivity contribution >= 4 is 23.1 Å². The Labute approximate surface area is 128 Å². The maximum Gasteiger partial charge on any atom is 0.0331 e. The molecular weight excluding hydrogens is 276 g/mol. The number of rotatable bonds is 3. The summed E-state index contributed by atoms with van der Waals surface area (Å²) in [6, 6.07) is 24.2. The second kappa shape index (κ2) is 5.94. The van der Waals surface area contributed by atoms with Crippen molar-refractivity contribution in [2.24, 2.45) is 0 Å². The highest BCUT2D eigenvalue weighted by Crippen LogP contribution is 2.33. The zero-order valence-electron chi connectivity index (χ0n) is 11.5. The molecule has 0 aliphatic heterocycles. The van der Waals surface area contributed by atoms with Crippen molar-refractivity contribution in [2.75, 3.05) is 11.5 Å². The van der Waals surface area contributed by atoms with Gasteiger partial charge in [-0.2, -0.15) is 0 Å². The van der Waals surface area contributed by atoms with Crippen molar-refractivity contribution < 1.29 is 0 Å². The maximum atomic E-state index is 6.04. The Morgan fingerprint density at radius 3 is 2.10 bits per heavy atom. The second-order valence-corrected chi connectivity index (χ2v) is 5.98. The van der Waals surface area contributed by atoms with E-state index in [0.717, 1.165) is 27.4 Å². The Morgan fingerprint density at radius 1 is 0.571 bits per heavy atom. The highest BCUT2D eigenvalue weighted by molar-refractivity contribution is 7.99. The summed E-state index contributed by atoms with van der Waals surface area (Å²) in [6.45, 7) is 0. The molecule has 0 amide bonds. The van der Waals surface area contributed by atoms with Crippen LogP contribution < -0.4 is 11.5 Å². The van der Waals surface area contributed by atoms with Crippen LogP contribution in [0.15, 0.2) is 82.6 Å². The summed E-state index contributed by atoms with van der Waals surface area (Å²) in [4.78, 5) is 2.32. The summed E-state index contributed by atoms with van der Waals surface area (Å²) in [5.41, 5.74) is 15.6. The Balaban J connectivity index is 1.97. The molecule has 0 unspecified atom stereocenters. The van der Waals surface area contributed by atoms with Crippen LogP contribution in [0.5, 0.6) is 0 Å². The first-order valence-electron chi connectivity index (χ1n) is 6.70. The quantitative estimate of drug-likeness (QED) is 0.690. The van der Waals surface area contributed by atoms with Crippen molar-refractivity contribution in [3.05, 3.63) is 72.8 Å². The van der Waals surface area contributed by atoms with Crippen LogP contribution in [0.3, 0.4) is 0 Å². The lowest BCUT2D eigenvalue weighted by Gasteiger charge is -2.08. The van der Waals surface area contributed by atoms with Gasteiger partial charge in [-0.25, -0.2) is 0 Å². The molecular formula is C18H16N2S. The van der Waals surface area contributed by atoms with Gasteiger partial charge in [0.1, 0.15) is 0 Å². The van der Waals surface area contributed by atoms with E-state index in [1.807, 2.05) is 54.6 Å². The minimum atomic E-state index is 0.757. The summed E-state index contributed by atoms with van der Waals surface area (Å²) in [5, 5.41) is 0. The molecule has 0 aromatic heterocycles. The summed E-state index contributed by atoms with van der Waals surface area (Å²) in [5.74, 6) is 0. The molecule has 21 heavy (non-hydrogen) atoms. The Hall–Kier alpha value is -2.39. The molecule has 104 valence electrons. The molecule has 3 aromatic rings. The lowest BCUT2D eigenvalue weighted by atomic mass is 10.0. The SMILES string of the molecule is Nc1cccc(-c2cc(N)cc(Sc3ccccc3)c2)c1. The molecule has 0 saturated carbocycles. The Morgan fingerprint density at radius 2 is 1.33 bits per heavy atom. The molecule has 4 N–H and O–H groups in total. The van der Waals surface area contributed by atoms with Gasteiger partial charge >= 0.3 is 0 Å². The van der Waals surface area contributed by atoms with Gasteiger partial charge in [-0.05, 0) is 53.6 Å². The molecule has 2 nitrogen and oxygen atoms in total. The monoisotopic (exact) mass is 292 g/mol. The van der Waals surface area contributed by atoms with Gasteiger partial charge in [0.05, 0.1) is 0 Å². The standard InChI is InChI=1S/C18H16N2S/c19-15-6-4-5-13(9-15)14-10-16(20)12-18(11-14)21-17-7-2-1-3-8-17/h1-12H,19-20H2. The molecule has 0 aliphatic carbocycles. The van der Waals surface area contributed by atoms with E-state index in [1.54, 1.807) is 11.8 Å².